The maximum absolute atomic E-state index is 12.8. The molecule has 1 spiro atoms. The maximum atomic E-state index is 12.8. The van der Waals surface area contributed by atoms with E-state index >= 15 is 0 Å². The molecule has 1 saturated carbocycles. The van der Waals surface area contributed by atoms with Gasteiger partial charge in [-0.05, 0) is 79.7 Å². The molecule has 6 nitrogen and oxygen atoms in total. The molecule has 1 aromatic heterocycles. The molecule has 1 saturated heterocycles. The number of aromatic nitrogens is 1. The Morgan fingerprint density at radius 3 is 2.97 bits per heavy atom. The number of rotatable bonds is 3. The Labute approximate surface area is 202 Å². The average molecular weight is 472 g/mol. The van der Waals surface area contributed by atoms with Crippen molar-refractivity contribution in [2.75, 3.05) is 13.1 Å². The van der Waals surface area contributed by atoms with Gasteiger partial charge >= 0.3 is 0 Å². The summed E-state index contributed by atoms with van der Waals surface area (Å²) in [4.78, 5) is 10.3. The molecule has 2 fully saturated rings. The van der Waals surface area contributed by atoms with E-state index in [0.717, 1.165) is 65.3 Å². The van der Waals surface area contributed by atoms with Gasteiger partial charge in [0.2, 0.25) is 0 Å². The number of nitrogens with one attached hydrogen (secondary N) is 1. The number of phenols is 1. The summed E-state index contributed by atoms with van der Waals surface area (Å²) >= 11 is 4.80. The second-order valence-corrected chi connectivity index (χ2v) is 11.1. The lowest BCUT2D eigenvalue weighted by atomic mass is 9.49. The quantitative estimate of drug-likeness (QED) is 0.392. The Kier molecular flexibility index (Phi) is 3.63. The predicted octanol–water partition coefficient (Wildman–Crippen LogP) is 4.31. The number of fused-ring (bicyclic) bond motifs is 4. The van der Waals surface area contributed by atoms with Crippen LogP contribution >= 0.6 is 12.2 Å². The lowest BCUT2D eigenvalue weighted by Gasteiger charge is -2.62. The van der Waals surface area contributed by atoms with Crippen LogP contribution in [-0.2, 0) is 18.3 Å². The first-order valence-electron chi connectivity index (χ1n) is 12.2. The minimum absolute atomic E-state index is 0.0349. The molecule has 4 atom stereocenters. The highest BCUT2D eigenvalue weighted by atomic mass is 32.1. The van der Waals surface area contributed by atoms with Gasteiger partial charge in [0.1, 0.15) is 0 Å². The van der Waals surface area contributed by atoms with Crippen LogP contribution in [0.2, 0.25) is 0 Å². The van der Waals surface area contributed by atoms with Gasteiger partial charge in [-0.15, -0.1) is 0 Å². The monoisotopic (exact) mass is 471 g/mol. The zero-order valence-electron chi connectivity index (χ0n) is 18.7. The van der Waals surface area contributed by atoms with Crippen molar-refractivity contribution < 1.29 is 14.9 Å². The molecule has 172 valence electrons. The van der Waals surface area contributed by atoms with Gasteiger partial charge in [-0.25, -0.2) is 0 Å². The predicted molar refractivity (Wildman–Crippen MR) is 131 cm³/mol. The van der Waals surface area contributed by atoms with Crippen molar-refractivity contribution in [3.05, 3.63) is 52.7 Å². The zero-order chi connectivity index (χ0) is 22.8. The average Bonchev–Trinajstić information content (AvgIpc) is 3.46. The van der Waals surface area contributed by atoms with Crippen molar-refractivity contribution in [3.63, 3.8) is 0 Å². The van der Waals surface area contributed by atoms with E-state index in [0.29, 0.717) is 12.2 Å². The third kappa shape index (κ3) is 2.20. The molecule has 3 N–H and O–H groups in total. The summed E-state index contributed by atoms with van der Waals surface area (Å²) in [5, 5.41) is 27.1. The number of likely N-dealkylation sites (tertiary alicyclic amines) is 1. The summed E-state index contributed by atoms with van der Waals surface area (Å²) in [5.41, 5.74) is 4.56. The van der Waals surface area contributed by atoms with E-state index in [9.17, 15) is 10.2 Å². The van der Waals surface area contributed by atoms with E-state index in [1.54, 1.807) is 6.07 Å². The fourth-order valence-electron chi connectivity index (χ4n) is 7.74. The largest absolute Gasteiger partial charge is 0.504 e. The number of thiocarbonyl (C=S) groups is 1. The number of nitrogens with zero attached hydrogens (tertiary/aromatic N) is 2. The molecule has 0 unspecified atom stereocenters. The Morgan fingerprint density at radius 2 is 2.15 bits per heavy atom. The number of aromatic amines is 1. The molecule has 34 heavy (non-hydrogen) atoms. The Hall–Kier alpha value is -2.70. The van der Waals surface area contributed by atoms with Gasteiger partial charge in [0.05, 0.1) is 27.6 Å². The number of aliphatic imine (C=N–C) groups is 1. The lowest BCUT2D eigenvalue weighted by molar-refractivity contribution is -0.173. The first-order valence-corrected chi connectivity index (χ1v) is 12.6. The Bertz CT molecular complexity index is 1460. The summed E-state index contributed by atoms with van der Waals surface area (Å²) in [5.74, 6) is 1.49. The molecule has 2 aliphatic heterocycles. The molecule has 2 bridgehead atoms. The van der Waals surface area contributed by atoms with Gasteiger partial charge < -0.3 is 19.9 Å². The van der Waals surface area contributed by atoms with E-state index in [2.05, 4.69) is 26.1 Å². The topological polar surface area (TPSA) is 81.1 Å². The van der Waals surface area contributed by atoms with Crippen LogP contribution in [0.5, 0.6) is 11.5 Å². The standard InChI is InChI=1S/C27H25N3O3S/c31-20-6-3-15-9-21-27(32)11-18-17-5-4-16(28-13-34)10-19(17)29-23(18)25-26(27,22(15)24(20)33-25)7-8-30(21)12-14-1-2-14/h3-6,10,14,21,25,29,31-32H,1-2,7-9,11-12H2/t21-,25-,26-,27+/m0/s1. The fourth-order valence-corrected chi connectivity index (χ4v) is 7.85. The number of aliphatic hydroxyl groups is 1. The summed E-state index contributed by atoms with van der Waals surface area (Å²) in [6.45, 7) is 2.01. The van der Waals surface area contributed by atoms with E-state index < -0.39 is 11.0 Å². The first-order chi connectivity index (χ1) is 16.5. The lowest BCUT2D eigenvalue weighted by Crippen LogP contribution is -2.74. The maximum Gasteiger partial charge on any atom is 0.166 e. The number of H-pyrrole nitrogens is 1. The number of aromatic hydroxyl groups is 1. The van der Waals surface area contributed by atoms with E-state index in [1.165, 1.54) is 18.4 Å². The summed E-state index contributed by atoms with van der Waals surface area (Å²) in [6, 6.07) is 9.82. The number of benzene rings is 2. The minimum Gasteiger partial charge on any atom is -0.504 e. The highest BCUT2D eigenvalue weighted by Crippen LogP contribution is 2.69. The minimum atomic E-state index is -0.968. The van der Waals surface area contributed by atoms with Crippen molar-refractivity contribution in [1.29, 1.82) is 0 Å². The molecule has 0 radical (unpaired) electrons. The normalized spacial score (nSPS) is 32.6. The number of isothiocyanates is 1. The molecule has 3 aliphatic carbocycles. The fraction of sp³-hybridized carbons (Fsp3) is 0.444. The van der Waals surface area contributed by atoms with Crippen molar-refractivity contribution in [1.82, 2.24) is 9.88 Å². The number of phenolic OH excluding ortho intramolecular Hbond substituents is 1. The Morgan fingerprint density at radius 1 is 1.26 bits per heavy atom. The molecule has 3 heterocycles. The van der Waals surface area contributed by atoms with Crippen molar-refractivity contribution in [2.45, 2.75) is 55.3 Å². The third-order valence-corrected chi connectivity index (χ3v) is 9.41. The van der Waals surface area contributed by atoms with Gasteiger partial charge in [-0.3, -0.25) is 4.90 Å². The van der Waals surface area contributed by atoms with Crippen LogP contribution in [0.3, 0.4) is 0 Å². The number of piperidine rings is 1. The molecule has 0 amide bonds. The molecular formula is C27H25N3O3S. The second kappa shape index (κ2) is 6.29. The smallest absolute Gasteiger partial charge is 0.166 e. The van der Waals surface area contributed by atoms with Gasteiger partial charge in [-0.1, -0.05) is 12.1 Å². The van der Waals surface area contributed by atoms with Crippen molar-refractivity contribution in [3.8, 4) is 11.5 Å². The third-order valence-electron chi connectivity index (χ3n) is 9.32. The molecular weight excluding hydrogens is 446 g/mol. The number of hydrogen-bond donors (Lipinski definition) is 3. The van der Waals surface area contributed by atoms with Crippen LogP contribution in [0.25, 0.3) is 10.9 Å². The summed E-state index contributed by atoms with van der Waals surface area (Å²) < 4.78 is 6.62. The van der Waals surface area contributed by atoms with Crippen molar-refractivity contribution in [2.24, 2.45) is 10.9 Å². The van der Waals surface area contributed by atoms with Crippen LogP contribution in [0, 0.1) is 5.92 Å². The van der Waals surface area contributed by atoms with Gasteiger partial charge in [-0.2, -0.15) is 4.99 Å². The highest BCUT2D eigenvalue weighted by Gasteiger charge is 2.72. The zero-order valence-corrected chi connectivity index (χ0v) is 19.5. The molecule has 5 aliphatic rings. The Balaban J connectivity index is 1.39. The van der Waals surface area contributed by atoms with Gasteiger partial charge in [0, 0.05) is 35.5 Å². The van der Waals surface area contributed by atoms with E-state index in [4.69, 9.17) is 17.0 Å². The SMILES string of the molecule is Oc1ccc2c3c1O[C@H]1c4[nH]c5cc(N=C=S)ccc5c4C[C@@]4(O)[C@H](C2)N(CC2CC2)CC[C@]314. The molecule has 3 aromatic rings. The number of hydrogen-bond acceptors (Lipinski definition) is 6. The second-order valence-electron chi connectivity index (χ2n) is 10.9. The van der Waals surface area contributed by atoms with E-state index in [1.807, 2.05) is 18.2 Å². The molecule has 2 aromatic carbocycles. The highest BCUT2D eigenvalue weighted by molar-refractivity contribution is 7.78. The van der Waals surface area contributed by atoms with Crippen LogP contribution in [-0.4, -0.2) is 50.0 Å². The number of ether oxygens (including phenoxy) is 1. The summed E-state index contributed by atoms with van der Waals surface area (Å²) in [6.07, 6.45) is 4.40. The van der Waals surface area contributed by atoms with Gasteiger partial charge in [0.15, 0.2) is 17.6 Å². The summed E-state index contributed by atoms with van der Waals surface area (Å²) in [7, 11) is 0. The van der Waals surface area contributed by atoms with Crippen molar-refractivity contribution >= 4 is 34.0 Å². The van der Waals surface area contributed by atoms with Crippen LogP contribution in [0.15, 0.2) is 35.3 Å². The van der Waals surface area contributed by atoms with Crippen LogP contribution in [0.1, 0.15) is 47.8 Å². The molecule has 8 rings (SSSR count). The van der Waals surface area contributed by atoms with Crippen LogP contribution in [0.4, 0.5) is 5.69 Å². The first kappa shape index (κ1) is 19.6. The van der Waals surface area contributed by atoms with E-state index in [-0.39, 0.29) is 17.9 Å². The van der Waals surface area contributed by atoms with Gasteiger partial charge in [0.25, 0.3) is 0 Å². The van der Waals surface area contributed by atoms with Crippen LogP contribution < -0.4 is 4.74 Å². The molecule has 7 heteroatoms.